The van der Waals surface area contributed by atoms with Gasteiger partial charge >= 0.3 is 0 Å². The molecule has 1 aliphatic heterocycles. The molecule has 0 spiro atoms. The first-order valence-electron chi connectivity index (χ1n) is 9.71. The molecule has 2 aliphatic rings. The molecule has 0 saturated heterocycles. The highest BCUT2D eigenvalue weighted by Crippen LogP contribution is 2.50. The standard InChI is InChI=1S/C21H32N2O4/c1-6-25-17-12-21(22,20(17,4)5)18(24)23-13-19(2,3)14-7-8-15-16(11-14)27-10-9-26-15/h7-8,11,17H,6,9-10,12-13,22H2,1-5H3,(H,23,24). The van der Waals surface area contributed by atoms with Gasteiger partial charge < -0.3 is 25.3 Å². The van der Waals surface area contributed by atoms with E-state index in [0.717, 1.165) is 17.1 Å². The Labute approximate surface area is 161 Å². The first-order valence-corrected chi connectivity index (χ1v) is 9.71. The normalized spacial score (nSPS) is 26.2. The second kappa shape index (κ2) is 6.99. The van der Waals surface area contributed by atoms with Crippen LogP contribution in [0.2, 0.25) is 0 Å². The maximum Gasteiger partial charge on any atom is 0.240 e. The molecular formula is C21H32N2O4. The molecule has 27 heavy (non-hydrogen) atoms. The molecule has 1 heterocycles. The fourth-order valence-corrected chi connectivity index (χ4v) is 3.85. The van der Waals surface area contributed by atoms with Gasteiger partial charge in [-0.25, -0.2) is 0 Å². The number of amides is 1. The number of nitrogens with one attached hydrogen (secondary N) is 1. The number of nitrogens with two attached hydrogens (primary N) is 1. The van der Waals surface area contributed by atoms with Crippen molar-refractivity contribution in [3.63, 3.8) is 0 Å². The molecule has 1 fully saturated rings. The quantitative estimate of drug-likeness (QED) is 0.797. The Hall–Kier alpha value is -1.79. The van der Waals surface area contributed by atoms with E-state index in [1.807, 2.05) is 39.0 Å². The first kappa shape index (κ1) is 20.0. The van der Waals surface area contributed by atoms with Crippen molar-refractivity contribution in [1.29, 1.82) is 0 Å². The lowest BCUT2D eigenvalue weighted by Gasteiger charge is -2.57. The Morgan fingerprint density at radius 2 is 1.96 bits per heavy atom. The van der Waals surface area contributed by atoms with Gasteiger partial charge in [0.1, 0.15) is 18.8 Å². The van der Waals surface area contributed by atoms with Crippen molar-refractivity contribution in [2.24, 2.45) is 11.1 Å². The fraction of sp³-hybridized carbons (Fsp3) is 0.667. The summed E-state index contributed by atoms with van der Waals surface area (Å²) in [5, 5.41) is 3.07. The molecule has 1 aromatic carbocycles. The smallest absolute Gasteiger partial charge is 0.240 e. The van der Waals surface area contributed by atoms with Crippen molar-refractivity contribution in [3.05, 3.63) is 23.8 Å². The van der Waals surface area contributed by atoms with Crippen molar-refractivity contribution in [2.45, 2.75) is 58.1 Å². The van der Waals surface area contributed by atoms with E-state index in [4.69, 9.17) is 19.9 Å². The predicted molar refractivity (Wildman–Crippen MR) is 104 cm³/mol. The van der Waals surface area contributed by atoms with Gasteiger partial charge in [-0.1, -0.05) is 33.8 Å². The highest BCUT2D eigenvalue weighted by Gasteiger charge is 2.62. The molecule has 0 aromatic heterocycles. The summed E-state index contributed by atoms with van der Waals surface area (Å²) < 4.78 is 17.0. The van der Waals surface area contributed by atoms with Crippen LogP contribution in [-0.2, 0) is 14.9 Å². The van der Waals surface area contributed by atoms with Crippen molar-refractivity contribution >= 4 is 5.91 Å². The van der Waals surface area contributed by atoms with Crippen molar-refractivity contribution in [1.82, 2.24) is 5.32 Å². The number of ether oxygens (including phenoxy) is 3. The fourth-order valence-electron chi connectivity index (χ4n) is 3.85. The lowest BCUT2D eigenvalue weighted by Crippen LogP contribution is -2.76. The van der Waals surface area contributed by atoms with Gasteiger partial charge in [-0.2, -0.15) is 0 Å². The zero-order valence-electron chi connectivity index (χ0n) is 17.1. The maximum atomic E-state index is 12.9. The summed E-state index contributed by atoms with van der Waals surface area (Å²) in [6, 6.07) is 5.95. The molecular weight excluding hydrogens is 344 g/mol. The van der Waals surface area contributed by atoms with Crippen LogP contribution >= 0.6 is 0 Å². The van der Waals surface area contributed by atoms with E-state index in [0.29, 0.717) is 32.8 Å². The van der Waals surface area contributed by atoms with E-state index in [1.54, 1.807) is 0 Å². The number of benzene rings is 1. The predicted octanol–water partition coefficient (Wildman–Crippen LogP) is 2.38. The summed E-state index contributed by atoms with van der Waals surface area (Å²) in [6.45, 7) is 12.4. The largest absolute Gasteiger partial charge is 0.486 e. The Morgan fingerprint density at radius 1 is 1.30 bits per heavy atom. The third kappa shape index (κ3) is 3.41. The molecule has 0 bridgehead atoms. The minimum Gasteiger partial charge on any atom is -0.486 e. The molecule has 6 nitrogen and oxygen atoms in total. The lowest BCUT2D eigenvalue weighted by molar-refractivity contribution is -0.170. The zero-order chi connectivity index (χ0) is 19.9. The molecule has 3 N–H and O–H groups in total. The topological polar surface area (TPSA) is 82.8 Å². The SMILES string of the molecule is CCOC1CC(N)(C(=O)NCC(C)(C)c2ccc3c(c2)OCCO3)C1(C)C. The third-order valence-corrected chi connectivity index (χ3v) is 6.25. The summed E-state index contributed by atoms with van der Waals surface area (Å²) >= 11 is 0. The lowest BCUT2D eigenvalue weighted by atomic mass is 9.54. The van der Waals surface area contributed by atoms with E-state index in [9.17, 15) is 4.79 Å². The molecule has 2 atom stereocenters. The molecule has 1 amide bonds. The van der Waals surface area contributed by atoms with Crippen LogP contribution in [0, 0.1) is 5.41 Å². The highest BCUT2D eigenvalue weighted by molar-refractivity contribution is 5.88. The third-order valence-electron chi connectivity index (χ3n) is 6.25. The van der Waals surface area contributed by atoms with Crippen molar-refractivity contribution in [2.75, 3.05) is 26.4 Å². The molecule has 0 radical (unpaired) electrons. The summed E-state index contributed by atoms with van der Waals surface area (Å²) in [5.74, 6) is 1.41. The molecule has 1 saturated carbocycles. The van der Waals surface area contributed by atoms with Crippen LogP contribution in [0.5, 0.6) is 11.5 Å². The van der Waals surface area contributed by atoms with Crippen LogP contribution in [-0.4, -0.2) is 43.9 Å². The molecule has 3 rings (SSSR count). The minimum absolute atomic E-state index is 0.0176. The average Bonchev–Trinajstić information content (AvgIpc) is 2.65. The summed E-state index contributed by atoms with van der Waals surface area (Å²) in [6.07, 6.45) is 0.563. The molecule has 1 aliphatic carbocycles. The zero-order valence-corrected chi connectivity index (χ0v) is 17.1. The van der Waals surface area contributed by atoms with E-state index in [1.165, 1.54) is 0 Å². The first-order chi connectivity index (χ1) is 12.6. The van der Waals surface area contributed by atoms with Gasteiger partial charge in [-0.3, -0.25) is 4.79 Å². The molecule has 2 unspecified atom stereocenters. The van der Waals surface area contributed by atoms with E-state index < -0.39 is 11.0 Å². The number of hydrogen-bond donors (Lipinski definition) is 2. The Bertz CT molecular complexity index is 716. The molecule has 150 valence electrons. The summed E-state index contributed by atoms with van der Waals surface area (Å²) in [7, 11) is 0. The Balaban J connectivity index is 1.66. The van der Waals surface area contributed by atoms with Gasteiger partial charge in [0.15, 0.2) is 11.5 Å². The Morgan fingerprint density at radius 3 is 2.59 bits per heavy atom. The van der Waals surface area contributed by atoms with Gasteiger partial charge in [0.05, 0.1) is 6.10 Å². The maximum absolute atomic E-state index is 12.9. The second-order valence-electron chi connectivity index (χ2n) is 8.77. The van der Waals surface area contributed by atoms with Crippen LogP contribution in [0.15, 0.2) is 18.2 Å². The summed E-state index contributed by atoms with van der Waals surface area (Å²) in [4.78, 5) is 12.9. The van der Waals surface area contributed by atoms with Crippen LogP contribution in [0.25, 0.3) is 0 Å². The molecule has 6 heteroatoms. The van der Waals surface area contributed by atoms with Gasteiger partial charge in [0.2, 0.25) is 5.91 Å². The second-order valence-corrected chi connectivity index (χ2v) is 8.77. The van der Waals surface area contributed by atoms with Crippen molar-refractivity contribution in [3.8, 4) is 11.5 Å². The van der Waals surface area contributed by atoms with Gasteiger partial charge in [0.25, 0.3) is 0 Å². The number of hydrogen-bond acceptors (Lipinski definition) is 5. The number of carbonyl (C=O) groups excluding carboxylic acids is 1. The van der Waals surface area contributed by atoms with Gasteiger partial charge in [-0.15, -0.1) is 0 Å². The Kier molecular flexibility index (Phi) is 5.16. The number of carbonyl (C=O) groups is 1. The number of fused-ring (bicyclic) bond motifs is 1. The van der Waals surface area contributed by atoms with Crippen LogP contribution < -0.4 is 20.5 Å². The minimum atomic E-state index is -0.907. The van der Waals surface area contributed by atoms with Crippen LogP contribution in [0.1, 0.15) is 46.6 Å². The number of rotatable bonds is 6. The molecule has 1 aromatic rings. The van der Waals surface area contributed by atoms with Crippen molar-refractivity contribution < 1.29 is 19.0 Å². The highest BCUT2D eigenvalue weighted by atomic mass is 16.6. The van der Waals surface area contributed by atoms with E-state index >= 15 is 0 Å². The van der Waals surface area contributed by atoms with Crippen LogP contribution in [0.3, 0.4) is 0 Å². The summed E-state index contributed by atoms with van der Waals surface area (Å²) in [5.41, 5.74) is 5.99. The van der Waals surface area contributed by atoms with E-state index in [2.05, 4.69) is 19.2 Å². The van der Waals surface area contributed by atoms with Crippen LogP contribution in [0.4, 0.5) is 0 Å². The van der Waals surface area contributed by atoms with Gasteiger partial charge in [-0.05, 0) is 24.6 Å². The average molecular weight is 376 g/mol. The van der Waals surface area contributed by atoms with Gasteiger partial charge in [0, 0.05) is 30.4 Å². The van der Waals surface area contributed by atoms with E-state index in [-0.39, 0.29) is 17.4 Å². The monoisotopic (exact) mass is 376 g/mol.